The van der Waals surface area contributed by atoms with Crippen LogP contribution in [0.5, 0.6) is 34.5 Å². The van der Waals surface area contributed by atoms with Gasteiger partial charge in [0.15, 0.2) is 23.0 Å². The summed E-state index contributed by atoms with van der Waals surface area (Å²) < 4.78 is 11.0. The molecule has 2 atom stereocenters. The zero-order chi connectivity index (χ0) is 31.1. The van der Waals surface area contributed by atoms with Crippen LogP contribution in [0.15, 0.2) is 60.7 Å². The molecule has 0 spiro atoms. The third-order valence-electron chi connectivity index (χ3n) is 9.40. The summed E-state index contributed by atoms with van der Waals surface area (Å²) in [5.41, 5.74) is 7.44. The standard InChI is InChI=1S/C36H40N2O6/c1-37-13-11-23-18-32(43-3)31(41)20-26(23)28(37)17-22-7-10-30(40)27(15-22)35-34-24(19-33(44-4)36(35)42)12-14-38(2)29(34)16-21-5-8-25(39)9-6-21/h5-10,15,18-20,28-29,39-42H,11-14,16-17H2,1-4H3/t28-,29-/m1/s1. The smallest absolute Gasteiger partial charge is 0.166 e. The molecule has 0 amide bonds. The fraction of sp³-hybridized carbons (Fsp3) is 0.333. The van der Waals surface area contributed by atoms with E-state index in [0.29, 0.717) is 35.5 Å². The van der Waals surface area contributed by atoms with E-state index in [4.69, 9.17) is 9.47 Å². The van der Waals surface area contributed by atoms with Crippen LogP contribution in [0.25, 0.3) is 11.1 Å². The molecule has 6 rings (SSSR count). The molecule has 4 aromatic carbocycles. The van der Waals surface area contributed by atoms with Crippen LogP contribution >= 0.6 is 0 Å². The number of benzene rings is 4. The summed E-state index contributed by atoms with van der Waals surface area (Å²) >= 11 is 0. The van der Waals surface area contributed by atoms with Gasteiger partial charge in [0, 0.05) is 36.3 Å². The lowest BCUT2D eigenvalue weighted by Crippen LogP contribution is -2.34. The van der Waals surface area contributed by atoms with Gasteiger partial charge in [0.25, 0.3) is 0 Å². The first-order valence-corrected chi connectivity index (χ1v) is 15.0. The molecule has 2 aliphatic heterocycles. The Balaban J connectivity index is 1.45. The number of nitrogens with zero attached hydrogens (tertiary/aromatic N) is 2. The van der Waals surface area contributed by atoms with E-state index < -0.39 is 0 Å². The molecule has 8 nitrogen and oxygen atoms in total. The topological polar surface area (TPSA) is 106 Å². The Bertz CT molecular complexity index is 1690. The average Bonchev–Trinajstić information content (AvgIpc) is 3.01. The van der Waals surface area contributed by atoms with Gasteiger partial charge in [0.1, 0.15) is 11.5 Å². The molecule has 0 aliphatic carbocycles. The quantitative estimate of drug-likeness (QED) is 0.214. The predicted molar refractivity (Wildman–Crippen MR) is 170 cm³/mol. The molecular formula is C36H40N2O6. The SMILES string of the molecule is COc1cc2c(cc1O)[C@@H](Cc1ccc(O)c(-c3c(O)c(OC)cc4c3[C@@H](Cc3ccc(O)cc3)N(C)CC4)c1)N(C)CC2. The summed E-state index contributed by atoms with van der Waals surface area (Å²) in [6.07, 6.45) is 2.95. The van der Waals surface area contributed by atoms with Crippen LogP contribution in [-0.4, -0.2) is 71.6 Å². The summed E-state index contributed by atoms with van der Waals surface area (Å²) in [6, 6.07) is 18.4. The van der Waals surface area contributed by atoms with Crippen LogP contribution in [0.2, 0.25) is 0 Å². The highest BCUT2D eigenvalue weighted by atomic mass is 16.5. The molecule has 2 aliphatic rings. The van der Waals surface area contributed by atoms with E-state index in [1.807, 2.05) is 42.5 Å². The number of rotatable bonds is 7. The van der Waals surface area contributed by atoms with Gasteiger partial charge in [-0.3, -0.25) is 9.80 Å². The van der Waals surface area contributed by atoms with E-state index in [-0.39, 0.29) is 35.1 Å². The normalized spacial score (nSPS) is 18.5. The van der Waals surface area contributed by atoms with E-state index >= 15 is 0 Å². The van der Waals surface area contributed by atoms with E-state index in [2.05, 4.69) is 23.9 Å². The van der Waals surface area contributed by atoms with Crippen LogP contribution in [0, 0.1) is 0 Å². The van der Waals surface area contributed by atoms with Crippen molar-refractivity contribution >= 4 is 0 Å². The largest absolute Gasteiger partial charge is 0.508 e. The molecule has 0 saturated carbocycles. The number of ether oxygens (including phenoxy) is 2. The Hall–Kier alpha value is -4.40. The summed E-state index contributed by atoms with van der Waals surface area (Å²) in [7, 11) is 7.27. The molecule has 8 heteroatoms. The molecule has 0 aromatic heterocycles. The Morgan fingerprint density at radius 2 is 1.30 bits per heavy atom. The molecule has 0 saturated heterocycles. The van der Waals surface area contributed by atoms with Gasteiger partial charge in [-0.1, -0.05) is 18.2 Å². The minimum absolute atomic E-state index is 0.00172. The highest BCUT2D eigenvalue weighted by molar-refractivity contribution is 5.83. The lowest BCUT2D eigenvalue weighted by Gasteiger charge is -2.37. The monoisotopic (exact) mass is 596 g/mol. The van der Waals surface area contributed by atoms with Gasteiger partial charge < -0.3 is 29.9 Å². The second-order valence-corrected chi connectivity index (χ2v) is 12.0. The maximum Gasteiger partial charge on any atom is 0.166 e. The van der Waals surface area contributed by atoms with Crippen LogP contribution < -0.4 is 9.47 Å². The molecule has 4 aromatic rings. The van der Waals surface area contributed by atoms with Gasteiger partial charge in [-0.05, 0) is 116 Å². The molecule has 230 valence electrons. The Kier molecular flexibility index (Phi) is 8.05. The molecule has 0 unspecified atom stereocenters. The van der Waals surface area contributed by atoms with Crippen LogP contribution in [0.1, 0.15) is 45.5 Å². The van der Waals surface area contributed by atoms with E-state index in [0.717, 1.165) is 59.3 Å². The van der Waals surface area contributed by atoms with Crippen molar-refractivity contribution in [3.05, 3.63) is 94.0 Å². The fourth-order valence-corrected chi connectivity index (χ4v) is 6.92. The van der Waals surface area contributed by atoms with Crippen molar-refractivity contribution in [1.82, 2.24) is 9.80 Å². The van der Waals surface area contributed by atoms with Crippen LogP contribution in [0.3, 0.4) is 0 Å². The molecule has 2 heterocycles. The lowest BCUT2D eigenvalue weighted by atomic mass is 9.81. The third kappa shape index (κ3) is 5.40. The Morgan fingerprint density at radius 3 is 2.00 bits per heavy atom. The molecule has 4 N–H and O–H groups in total. The number of aromatic hydroxyl groups is 4. The number of phenolic OH excluding ortho intramolecular Hbond substituents is 4. The van der Waals surface area contributed by atoms with E-state index in [1.54, 1.807) is 32.4 Å². The molecule has 44 heavy (non-hydrogen) atoms. The number of phenols is 4. The van der Waals surface area contributed by atoms with Crippen LogP contribution in [0.4, 0.5) is 0 Å². The number of likely N-dealkylation sites (N-methyl/N-ethyl adjacent to an activating group) is 2. The van der Waals surface area contributed by atoms with Crippen molar-refractivity contribution in [3.8, 4) is 45.6 Å². The lowest BCUT2D eigenvalue weighted by molar-refractivity contribution is 0.228. The second-order valence-electron chi connectivity index (χ2n) is 12.0. The first kappa shape index (κ1) is 29.7. The van der Waals surface area contributed by atoms with Crippen molar-refractivity contribution in [2.45, 2.75) is 37.8 Å². The number of fused-ring (bicyclic) bond motifs is 2. The Labute approximate surface area is 258 Å². The number of hydrogen-bond acceptors (Lipinski definition) is 8. The van der Waals surface area contributed by atoms with Crippen molar-refractivity contribution in [2.75, 3.05) is 41.4 Å². The summed E-state index contributed by atoms with van der Waals surface area (Å²) in [5, 5.41) is 43.4. The maximum atomic E-state index is 11.7. The molecule has 0 radical (unpaired) electrons. The second kappa shape index (κ2) is 11.9. The van der Waals surface area contributed by atoms with Gasteiger partial charge in [-0.25, -0.2) is 0 Å². The minimum Gasteiger partial charge on any atom is -0.508 e. The fourth-order valence-electron chi connectivity index (χ4n) is 6.92. The van der Waals surface area contributed by atoms with Crippen molar-refractivity contribution in [3.63, 3.8) is 0 Å². The molecule has 0 fully saturated rings. The molecule has 0 bridgehead atoms. The zero-order valence-corrected chi connectivity index (χ0v) is 25.7. The highest BCUT2D eigenvalue weighted by Crippen LogP contribution is 2.50. The average molecular weight is 597 g/mol. The highest BCUT2D eigenvalue weighted by Gasteiger charge is 2.33. The first-order chi connectivity index (χ1) is 21.2. The number of methoxy groups -OCH3 is 2. The van der Waals surface area contributed by atoms with Crippen molar-refractivity contribution in [1.29, 1.82) is 0 Å². The van der Waals surface area contributed by atoms with Gasteiger partial charge in [0.05, 0.1) is 14.2 Å². The van der Waals surface area contributed by atoms with Gasteiger partial charge in [0.2, 0.25) is 0 Å². The van der Waals surface area contributed by atoms with Crippen LogP contribution in [-0.2, 0) is 25.7 Å². The van der Waals surface area contributed by atoms with Gasteiger partial charge in [-0.2, -0.15) is 0 Å². The summed E-state index contributed by atoms with van der Waals surface area (Å²) in [5.74, 6) is 1.27. The first-order valence-electron chi connectivity index (χ1n) is 15.0. The number of hydrogen-bond donors (Lipinski definition) is 4. The van der Waals surface area contributed by atoms with E-state index in [1.165, 1.54) is 0 Å². The summed E-state index contributed by atoms with van der Waals surface area (Å²) in [6.45, 7) is 1.70. The van der Waals surface area contributed by atoms with E-state index in [9.17, 15) is 20.4 Å². The Morgan fingerprint density at radius 1 is 0.682 bits per heavy atom. The van der Waals surface area contributed by atoms with Crippen molar-refractivity contribution in [2.24, 2.45) is 0 Å². The maximum absolute atomic E-state index is 11.7. The summed E-state index contributed by atoms with van der Waals surface area (Å²) in [4.78, 5) is 4.56. The van der Waals surface area contributed by atoms with Gasteiger partial charge >= 0.3 is 0 Å². The minimum atomic E-state index is -0.0764. The van der Waals surface area contributed by atoms with Crippen molar-refractivity contribution < 1.29 is 29.9 Å². The predicted octanol–water partition coefficient (Wildman–Crippen LogP) is 5.74. The van der Waals surface area contributed by atoms with Gasteiger partial charge in [-0.15, -0.1) is 0 Å². The molecular weight excluding hydrogens is 556 g/mol. The zero-order valence-electron chi connectivity index (χ0n) is 25.7. The third-order valence-corrected chi connectivity index (χ3v) is 9.40.